The van der Waals surface area contributed by atoms with Crippen LogP contribution in [0.3, 0.4) is 0 Å². The maximum atomic E-state index is 12.8. The zero-order chi connectivity index (χ0) is 21.8. The fraction of sp³-hybridized carbons (Fsp3) is 0.294. The maximum Gasteiger partial charge on any atom is 0.416 e. The van der Waals surface area contributed by atoms with Crippen LogP contribution >= 0.6 is 11.3 Å². The monoisotopic (exact) mass is 430 g/mol. The van der Waals surface area contributed by atoms with Crippen molar-refractivity contribution in [1.82, 2.24) is 10.7 Å². The van der Waals surface area contributed by atoms with Gasteiger partial charge in [-0.2, -0.15) is 13.2 Å². The van der Waals surface area contributed by atoms with E-state index in [4.69, 9.17) is 0 Å². The highest BCUT2D eigenvalue weighted by molar-refractivity contribution is 7.12. The van der Waals surface area contributed by atoms with E-state index >= 15 is 0 Å². The van der Waals surface area contributed by atoms with Gasteiger partial charge in [0, 0.05) is 6.07 Å². The van der Waals surface area contributed by atoms with E-state index < -0.39 is 40.2 Å². The average Bonchev–Trinajstić information content (AvgIpc) is 3.17. The Labute approximate surface area is 167 Å². The number of carbonyl (C=O) groups is 2. The lowest BCUT2D eigenvalue weighted by atomic mass is 10.0. The summed E-state index contributed by atoms with van der Waals surface area (Å²) in [6.07, 6.45) is -4.75. The second-order valence-corrected chi connectivity index (χ2v) is 7.22. The number of nitrogens with zero attached hydrogens (tertiary/aromatic N) is 1. The number of benzene rings is 1. The highest BCUT2D eigenvalue weighted by Crippen LogP contribution is 2.34. The van der Waals surface area contributed by atoms with E-state index in [0.717, 1.165) is 6.07 Å². The van der Waals surface area contributed by atoms with Gasteiger partial charge in [0.25, 0.3) is 17.5 Å². The van der Waals surface area contributed by atoms with Crippen LogP contribution in [0, 0.1) is 16.0 Å². The zero-order valence-corrected chi connectivity index (χ0v) is 16.1. The lowest BCUT2D eigenvalue weighted by molar-refractivity contribution is -0.384. The molecule has 29 heavy (non-hydrogen) atoms. The Morgan fingerprint density at radius 1 is 1.21 bits per heavy atom. The lowest BCUT2D eigenvalue weighted by Gasteiger charge is -2.22. The summed E-state index contributed by atoms with van der Waals surface area (Å²) in [5, 5.41) is 15.4. The number of rotatable bonds is 7. The SMILES string of the molecule is CC(C)[C@@H](NC(=O)c1cccs1)C(=O)NNc1ccc(C(F)(F)F)cc1[N+](=O)[O-]. The van der Waals surface area contributed by atoms with Gasteiger partial charge in [-0.15, -0.1) is 11.3 Å². The van der Waals surface area contributed by atoms with Gasteiger partial charge in [0.2, 0.25) is 0 Å². The molecule has 0 fully saturated rings. The van der Waals surface area contributed by atoms with E-state index in [1.165, 1.54) is 11.3 Å². The molecule has 0 saturated carbocycles. The van der Waals surface area contributed by atoms with Crippen LogP contribution in [0.4, 0.5) is 24.5 Å². The molecule has 2 rings (SSSR count). The third-order valence-corrected chi connectivity index (χ3v) is 4.69. The third kappa shape index (κ3) is 5.67. The molecular formula is C17H17F3N4O4S. The van der Waals surface area contributed by atoms with Crippen molar-refractivity contribution < 1.29 is 27.7 Å². The normalized spacial score (nSPS) is 12.3. The molecule has 0 aliphatic heterocycles. The first-order valence-corrected chi connectivity index (χ1v) is 9.14. The molecular weight excluding hydrogens is 413 g/mol. The van der Waals surface area contributed by atoms with Crippen LogP contribution in [0.25, 0.3) is 0 Å². The molecule has 0 saturated heterocycles. The number of hydrazine groups is 1. The van der Waals surface area contributed by atoms with Gasteiger partial charge in [-0.05, 0) is 29.5 Å². The van der Waals surface area contributed by atoms with Gasteiger partial charge in [0.1, 0.15) is 11.7 Å². The zero-order valence-electron chi connectivity index (χ0n) is 15.2. The van der Waals surface area contributed by atoms with Gasteiger partial charge in [0.15, 0.2) is 0 Å². The Morgan fingerprint density at radius 2 is 1.90 bits per heavy atom. The number of alkyl halides is 3. The van der Waals surface area contributed by atoms with Crippen molar-refractivity contribution in [3.8, 4) is 0 Å². The van der Waals surface area contributed by atoms with E-state index in [-0.39, 0.29) is 11.6 Å². The second kappa shape index (κ2) is 8.90. The summed E-state index contributed by atoms with van der Waals surface area (Å²) < 4.78 is 38.3. The molecule has 0 spiro atoms. The Bertz CT molecular complexity index is 901. The minimum absolute atomic E-state index is 0.330. The Balaban J connectivity index is 2.13. The molecule has 1 aromatic carbocycles. The topological polar surface area (TPSA) is 113 Å². The number of halogens is 3. The molecule has 8 nitrogen and oxygen atoms in total. The molecule has 0 radical (unpaired) electrons. The van der Waals surface area contributed by atoms with Crippen LogP contribution < -0.4 is 16.2 Å². The molecule has 2 amide bonds. The summed E-state index contributed by atoms with van der Waals surface area (Å²) in [4.78, 5) is 35.1. The number of hydrogen-bond donors (Lipinski definition) is 3. The molecule has 0 aliphatic carbocycles. The van der Waals surface area contributed by atoms with Crippen molar-refractivity contribution in [1.29, 1.82) is 0 Å². The molecule has 3 N–H and O–H groups in total. The number of thiophene rings is 1. The number of hydrogen-bond acceptors (Lipinski definition) is 6. The molecule has 0 unspecified atom stereocenters. The first-order chi connectivity index (χ1) is 13.5. The number of nitro groups is 1. The number of amides is 2. The number of carbonyl (C=O) groups excluding carboxylic acids is 2. The lowest BCUT2D eigenvalue weighted by Crippen LogP contribution is -2.51. The average molecular weight is 430 g/mol. The molecule has 1 atom stereocenters. The Morgan fingerprint density at radius 3 is 2.41 bits per heavy atom. The van der Waals surface area contributed by atoms with Gasteiger partial charge < -0.3 is 5.32 Å². The summed E-state index contributed by atoms with van der Waals surface area (Å²) in [6, 6.07) is 4.14. The quantitative estimate of drug-likeness (QED) is 0.459. The minimum Gasteiger partial charge on any atom is -0.339 e. The third-order valence-electron chi connectivity index (χ3n) is 3.82. The fourth-order valence-corrected chi connectivity index (χ4v) is 2.95. The summed E-state index contributed by atoms with van der Waals surface area (Å²) in [5.74, 6) is -1.50. The van der Waals surface area contributed by atoms with Crippen LogP contribution in [0.15, 0.2) is 35.7 Å². The number of nitro benzene ring substituents is 1. The van der Waals surface area contributed by atoms with Crippen LogP contribution in [0.5, 0.6) is 0 Å². The summed E-state index contributed by atoms with van der Waals surface area (Å²) in [7, 11) is 0. The Hall–Kier alpha value is -3.15. The van der Waals surface area contributed by atoms with E-state index in [9.17, 15) is 32.9 Å². The van der Waals surface area contributed by atoms with Gasteiger partial charge in [0.05, 0.1) is 15.4 Å². The van der Waals surface area contributed by atoms with Crippen molar-refractivity contribution in [3.05, 3.63) is 56.3 Å². The van der Waals surface area contributed by atoms with E-state index in [0.29, 0.717) is 17.0 Å². The molecule has 0 aliphatic rings. The molecule has 2 aromatic rings. The predicted octanol–water partition coefficient (Wildman–Crippen LogP) is 3.57. The predicted molar refractivity (Wildman–Crippen MR) is 100 cm³/mol. The van der Waals surface area contributed by atoms with Crippen molar-refractivity contribution in [2.45, 2.75) is 26.1 Å². The molecule has 1 aromatic heterocycles. The van der Waals surface area contributed by atoms with Crippen molar-refractivity contribution in [2.75, 3.05) is 5.43 Å². The first kappa shape index (κ1) is 22.1. The van der Waals surface area contributed by atoms with Gasteiger partial charge in [-0.1, -0.05) is 19.9 Å². The standard InChI is InChI=1S/C17H17F3N4O4S/c1-9(2)14(21-15(25)13-4-3-7-29-13)16(26)23-22-11-6-5-10(17(18,19)20)8-12(11)24(27)28/h3-9,14,22H,1-2H3,(H,21,25)(H,23,26)/t14-/m1/s1. The minimum atomic E-state index is -4.75. The van der Waals surface area contributed by atoms with Gasteiger partial charge >= 0.3 is 6.18 Å². The van der Waals surface area contributed by atoms with Crippen LogP contribution in [0.2, 0.25) is 0 Å². The van der Waals surface area contributed by atoms with Crippen LogP contribution in [-0.4, -0.2) is 22.8 Å². The largest absolute Gasteiger partial charge is 0.416 e. The second-order valence-electron chi connectivity index (χ2n) is 6.27. The molecule has 12 heteroatoms. The smallest absolute Gasteiger partial charge is 0.339 e. The van der Waals surface area contributed by atoms with E-state index in [1.54, 1.807) is 31.4 Å². The highest BCUT2D eigenvalue weighted by Gasteiger charge is 2.33. The molecule has 0 bridgehead atoms. The van der Waals surface area contributed by atoms with E-state index in [2.05, 4.69) is 16.2 Å². The van der Waals surface area contributed by atoms with Crippen molar-refractivity contribution in [2.24, 2.45) is 5.92 Å². The van der Waals surface area contributed by atoms with Gasteiger partial charge in [-0.3, -0.25) is 30.6 Å². The van der Waals surface area contributed by atoms with Gasteiger partial charge in [-0.25, -0.2) is 0 Å². The van der Waals surface area contributed by atoms with Crippen LogP contribution in [0.1, 0.15) is 29.1 Å². The highest BCUT2D eigenvalue weighted by atomic mass is 32.1. The number of anilines is 1. The summed E-state index contributed by atoms with van der Waals surface area (Å²) in [5.41, 5.74) is 2.08. The maximum absolute atomic E-state index is 12.8. The Kier molecular flexibility index (Phi) is 6.80. The first-order valence-electron chi connectivity index (χ1n) is 8.26. The van der Waals surface area contributed by atoms with E-state index in [1.807, 2.05) is 0 Å². The molecule has 156 valence electrons. The molecule has 1 heterocycles. The number of nitrogens with one attached hydrogen (secondary N) is 3. The fourth-order valence-electron chi connectivity index (χ4n) is 2.33. The summed E-state index contributed by atoms with van der Waals surface area (Å²) >= 11 is 1.19. The van der Waals surface area contributed by atoms with Crippen molar-refractivity contribution >= 4 is 34.5 Å². The summed E-state index contributed by atoms with van der Waals surface area (Å²) in [6.45, 7) is 3.36. The van der Waals surface area contributed by atoms with Crippen LogP contribution in [-0.2, 0) is 11.0 Å². The van der Waals surface area contributed by atoms with Crippen molar-refractivity contribution in [3.63, 3.8) is 0 Å².